The molecule has 0 saturated heterocycles. The molecule has 0 amide bonds. The lowest BCUT2D eigenvalue weighted by Gasteiger charge is -2.18. The first-order chi connectivity index (χ1) is 9.40. The summed E-state index contributed by atoms with van der Waals surface area (Å²) < 4.78 is 5.33. The number of thiophene rings is 1. The number of hydrogen-bond donors (Lipinski definition) is 0. The molecule has 0 aliphatic rings. The second-order valence-corrected chi connectivity index (χ2v) is 6.43. The van der Waals surface area contributed by atoms with Gasteiger partial charge in [-0.3, -0.25) is 4.79 Å². The monoisotopic (exact) mass is 288 g/mol. The Morgan fingerprint density at radius 1 is 1.20 bits per heavy atom. The van der Waals surface area contributed by atoms with Crippen LogP contribution in [-0.4, -0.2) is 17.9 Å². The van der Waals surface area contributed by atoms with Gasteiger partial charge in [-0.15, -0.1) is 11.3 Å². The van der Waals surface area contributed by atoms with Crippen LogP contribution in [0, 0.1) is 0 Å². The van der Waals surface area contributed by atoms with Gasteiger partial charge < -0.3 is 4.74 Å². The molecule has 0 aliphatic carbocycles. The van der Waals surface area contributed by atoms with Crippen LogP contribution in [0.2, 0.25) is 0 Å². The van der Waals surface area contributed by atoms with E-state index in [4.69, 9.17) is 4.74 Å². The molecule has 0 saturated carbocycles. The molecule has 0 atom stereocenters. The molecule has 1 aromatic carbocycles. The Bertz CT molecular complexity index is 621. The van der Waals surface area contributed by atoms with Gasteiger partial charge in [-0.2, -0.15) is 0 Å². The van der Waals surface area contributed by atoms with E-state index in [9.17, 15) is 9.59 Å². The van der Waals surface area contributed by atoms with Crippen LogP contribution in [0.1, 0.15) is 40.8 Å². The predicted molar refractivity (Wildman–Crippen MR) is 80.3 cm³/mol. The molecular formula is C16H16O3S. The molecule has 0 aliphatic heterocycles. The highest BCUT2D eigenvalue weighted by atomic mass is 32.1. The van der Waals surface area contributed by atoms with Gasteiger partial charge in [-0.1, -0.05) is 30.3 Å². The molecular weight excluding hydrogens is 272 g/mol. The Balaban J connectivity index is 2.37. The Morgan fingerprint density at radius 2 is 1.85 bits per heavy atom. The number of carbonyl (C=O) groups excluding carboxylic acids is 2. The molecule has 0 radical (unpaired) electrons. The first-order valence-electron chi connectivity index (χ1n) is 6.28. The summed E-state index contributed by atoms with van der Waals surface area (Å²) in [6, 6.07) is 11.4. The summed E-state index contributed by atoms with van der Waals surface area (Å²) in [6.45, 7) is 5.41. The summed E-state index contributed by atoms with van der Waals surface area (Å²) in [7, 11) is 0. The van der Waals surface area contributed by atoms with Crippen molar-refractivity contribution < 1.29 is 14.3 Å². The topological polar surface area (TPSA) is 43.4 Å². The number of esters is 1. The summed E-state index contributed by atoms with van der Waals surface area (Å²) in [5, 5.41) is 0. The van der Waals surface area contributed by atoms with Crippen LogP contribution in [0.15, 0.2) is 36.4 Å². The smallest absolute Gasteiger partial charge is 0.349 e. The van der Waals surface area contributed by atoms with Gasteiger partial charge in [-0.25, -0.2) is 4.79 Å². The van der Waals surface area contributed by atoms with Crippen molar-refractivity contribution in [1.82, 2.24) is 0 Å². The van der Waals surface area contributed by atoms with Crippen LogP contribution in [0.25, 0.3) is 10.4 Å². The van der Waals surface area contributed by atoms with Crippen molar-refractivity contribution in [3.05, 3.63) is 46.8 Å². The fourth-order valence-corrected chi connectivity index (χ4v) is 2.73. The third-order valence-electron chi connectivity index (χ3n) is 2.53. The third-order valence-corrected chi connectivity index (χ3v) is 3.71. The van der Waals surface area contributed by atoms with Crippen LogP contribution >= 0.6 is 11.3 Å². The number of benzene rings is 1. The molecule has 0 spiro atoms. The van der Waals surface area contributed by atoms with E-state index in [0.29, 0.717) is 16.7 Å². The zero-order chi connectivity index (χ0) is 14.8. The highest BCUT2D eigenvalue weighted by molar-refractivity contribution is 7.17. The molecule has 2 aromatic rings. The molecule has 2 rings (SSSR count). The van der Waals surface area contributed by atoms with E-state index in [1.165, 1.54) is 11.3 Å². The molecule has 104 valence electrons. The summed E-state index contributed by atoms with van der Waals surface area (Å²) in [6.07, 6.45) is 0.697. The largest absolute Gasteiger partial charge is 0.456 e. The van der Waals surface area contributed by atoms with Crippen LogP contribution in [0.5, 0.6) is 0 Å². The maximum atomic E-state index is 12.1. The Morgan fingerprint density at radius 3 is 2.40 bits per heavy atom. The molecule has 0 N–H and O–H groups in total. The zero-order valence-corrected chi connectivity index (χ0v) is 12.5. The van der Waals surface area contributed by atoms with Gasteiger partial charge in [0.15, 0.2) is 6.29 Å². The van der Waals surface area contributed by atoms with Gasteiger partial charge in [-0.05, 0) is 32.4 Å². The molecule has 0 fully saturated rings. The Labute approximate surface area is 122 Å². The molecule has 4 heteroatoms. The molecule has 1 aromatic heterocycles. The van der Waals surface area contributed by atoms with E-state index in [2.05, 4.69) is 0 Å². The minimum atomic E-state index is -0.575. The SMILES string of the molecule is CC(C)(C)OC(=O)c1sc(-c2ccccc2)cc1C=O. The second kappa shape index (κ2) is 5.59. The molecule has 0 bridgehead atoms. The lowest BCUT2D eigenvalue weighted by Crippen LogP contribution is -2.23. The van der Waals surface area contributed by atoms with E-state index in [0.717, 1.165) is 10.4 Å². The highest BCUT2D eigenvalue weighted by Gasteiger charge is 2.23. The third kappa shape index (κ3) is 3.33. The fraction of sp³-hybridized carbons (Fsp3) is 0.250. The van der Waals surface area contributed by atoms with Gasteiger partial charge in [0.2, 0.25) is 0 Å². The van der Waals surface area contributed by atoms with Crippen molar-refractivity contribution in [2.24, 2.45) is 0 Å². The summed E-state index contributed by atoms with van der Waals surface area (Å²) >= 11 is 1.28. The molecule has 3 nitrogen and oxygen atoms in total. The van der Waals surface area contributed by atoms with Gasteiger partial charge in [0.25, 0.3) is 0 Å². The average Bonchev–Trinajstić information content (AvgIpc) is 2.82. The molecule has 1 heterocycles. The van der Waals surface area contributed by atoms with Gasteiger partial charge in [0, 0.05) is 10.4 Å². The lowest BCUT2D eigenvalue weighted by atomic mass is 10.1. The van der Waals surface area contributed by atoms with Crippen molar-refractivity contribution in [1.29, 1.82) is 0 Å². The maximum absolute atomic E-state index is 12.1. The first-order valence-corrected chi connectivity index (χ1v) is 7.10. The van der Waals surface area contributed by atoms with Crippen LogP contribution < -0.4 is 0 Å². The summed E-state index contributed by atoms with van der Waals surface area (Å²) in [4.78, 5) is 24.5. The van der Waals surface area contributed by atoms with E-state index >= 15 is 0 Å². The number of aldehydes is 1. The van der Waals surface area contributed by atoms with Crippen molar-refractivity contribution >= 4 is 23.6 Å². The number of ether oxygens (including phenoxy) is 1. The normalized spacial score (nSPS) is 11.2. The minimum absolute atomic E-state index is 0.355. The van der Waals surface area contributed by atoms with Crippen LogP contribution in [0.4, 0.5) is 0 Å². The number of carbonyl (C=O) groups is 2. The van der Waals surface area contributed by atoms with Crippen LogP contribution in [-0.2, 0) is 4.74 Å². The van der Waals surface area contributed by atoms with Gasteiger partial charge >= 0.3 is 5.97 Å². The summed E-state index contributed by atoms with van der Waals surface area (Å²) in [5.74, 6) is -0.452. The first kappa shape index (κ1) is 14.5. The predicted octanol–water partition coefficient (Wildman–Crippen LogP) is 4.18. The van der Waals surface area contributed by atoms with Crippen molar-refractivity contribution in [2.45, 2.75) is 26.4 Å². The fourth-order valence-electron chi connectivity index (χ4n) is 1.72. The van der Waals surface area contributed by atoms with Crippen molar-refractivity contribution in [3.63, 3.8) is 0 Å². The quantitative estimate of drug-likeness (QED) is 0.628. The Hall–Kier alpha value is -1.94. The zero-order valence-electron chi connectivity index (χ0n) is 11.7. The van der Waals surface area contributed by atoms with E-state index in [-0.39, 0.29) is 0 Å². The van der Waals surface area contributed by atoms with Crippen LogP contribution in [0.3, 0.4) is 0 Å². The van der Waals surface area contributed by atoms with Gasteiger partial charge in [0.1, 0.15) is 10.5 Å². The number of rotatable bonds is 3. The molecule has 0 unspecified atom stereocenters. The maximum Gasteiger partial charge on any atom is 0.349 e. The van der Waals surface area contributed by atoms with Crippen molar-refractivity contribution in [3.8, 4) is 10.4 Å². The highest BCUT2D eigenvalue weighted by Crippen LogP contribution is 2.32. The number of hydrogen-bond acceptors (Lipinski definition) is 4. The van der Waals surface area contributed by atoms with E-state index < -0.39 is 11.6 Å². The minimum Gasteiger partial charge on any atom is -0.456 e. The summed E-state index contributed by atoms with van der Waals surface area (Å²) in [5.41, 5.74) is 0.784. The van der Waals surface area contributed by atoms with Gasteiger partial charge in [0.05, 0.1) is 0 Å². The Kier molecular flexibility index (Phi) is 4.04. The van der Waals surface area contributed by atoms with E-state index in [1.807, 2.05) is 30.3 Å². The lowest BCUT2D eigenvalue weighted by molar-refractivity contribution is 0.00740. The van der Waals surface area contributed by atoms with Crippen molar-refractivity contribution in [2.75, 3.05) is 0 Å². The standard InChI is InChI=1S/C16H16O3S/c1-16(2,3)19-15(18)14-12(10-17)9-13(20-14)11-7-5-4-6-8-11/h4-10H,1-3H3. The van der Waals surface area contributed by atoms with E-state index in [1.54, 1.807) is 26.8 Å². The molecule has 20 heavy (non-hydrogen) atoms. The average molecular weight is 288 g/mol. The second-order valence-electron chi connectivity index (χ2n) is 5.38.